The maximum Gasteiger partial charge on any atom is 0.220 e. The number of carbonyl (C=O) groups excluding carboxylic acids is 1. The first-order valence-electron chi connectivity index (χ1n) is 8.01. The van der Waals surface area contributed by atoms with Gasteiger partial charge in [-0.05, 0) is 6.42 Å². The fraction of sp³-hybridized carbons (Fsp3) is 0.824. The molecule has 0 radical (unpaired) electrons. The number of amides is 1. The smallest absolute Gasteiger partial charge is 0.220 e. The molecule has 0 fully saturated rings. The van der Waals surface area contributed by atoms with E-state index in [1.165, 1.54) is 64.2 Å². The number of unbranched alkanes of at least 4 members (excludes halogenated alkanes) is 10. The second kappa shape index (κ2) is 15.1. The van der Waals surface area contributed by atoms with Crippen LogP contribution in [0, 0.1) is 12.3 Å². The third kappa shape index (κ3) is 15.0. The summed E-state index contributed by atoms with van der Waals surface area (Å²) in [5.74, 6) is 2.50. The van der Waals surface area contributed by atoms with Gasteiger partial charge in [0, 0.05) is 6.42 Å². The predicted molar refractivity (Wildman–Crippen MR) is 82.9 cm³/mol. The molecule has 0 unspecified atom stereocenters. The molecule has 0 atom stereocenters. The number of hydrogen-bond donors (Lipinski definition) is 1. The Labute approximate surface area is 119 Å². The first-order valence-corrected chi connectivity index (χ1v) is 8.01. The summed E-state index contributed by atoms with van der Waals surface area (Å²) in [4.78, 5) is 11.3. The summed E-state index contributed by atoms with van der Waals surface area (Å²) in [6.45, 7) is 2.61. The van der Waals surface area contributed by atoms with Gasteiger partial charge in [0.05, 0.1) is 6.54 Å². The lowest BCUT2D eigenvalue weighted by Gasteiger charge is -2.03. The maximum absolute atomic E-state index is 11.3. The monoisotopic (exact) mass is 265 g/mol. The Balaban J connectivity index is 3.07. The third-order valence-electron chi connectivity index (χ3n) is 3.40. The van der Waals surface area contributed by atoms with Crippen molar-refractivity contribution < 1.29 is 4.79 Å². The van der Waals surface area contributed by atoms with Gasteiger partial charge in [0.1, 0.15) is 0 Å². The third-order valence-corrected chi connectivity index (χ3v) is 3.40. The molecule has 110 valence electrons. The van der Waals surface area contributed by atoms with Crippen molar-refractivity contribution in [3.05, 3.63) is 0 Å². The molecule has 1 amide bonds. The minimum Gasteiger partial charge on any atom is -0.345 e. The first-order chi connectivity index (χ1) is 9.31. The quantitative estimate of drug-likeness (QED) is 0.387. The second-order valence-electron chi connectivity index (χ2n) is 5.27. The van der Waals surface area contributed by atoms with Crippen molar-refractivity contribution >= 4 is 5.91 Å². The van der Waals surface area contributed by atoms with E-state index in [0.29, 0.717) is 13.0 Å². The molecular weight excluding hydrogens is 234 g/mol. The van der Waals surface area contributed by atoms with Gasteiger partial charge in [-0.15, -0.1) is 6.42 Å². The van der Waals surface area contributed by atoms with Crippen LogP contribution in [0.15, 0.2) is 0 Å². The van der Waals surface area contributed by atoms with Gasteiger partial charge >= 0.3 is 0 Å². The van der Waals surface area contributed by atoms with Crippen LogP contribution in [0.25, 0.3) is 0 Å². The highest BCUT2D eigenvalue weighted by Gasteiger charge is 1.99. The van der Waals surface area contributed by atoms with E-state index < -0.39 is 0 Å². The number of hydrogen-bond acceptors (Lipinski definition) is 1. The van der Waals surface area contributed by atoms with E-state index in [1.54, 1.807) is 0 Å². The summed E-state index contributed by atoms with van der Waals surface area (Å²) in [5, 5.41) is 2.69. The number of nitrogens with one attached hydrogen (secondary N) is 1. The molecule has 0 aliphatic carbocycles. The standard InChI is InChI=1S/C17H31NO/c1-3-5-6-7-8-9-10-11-12-13-14-15-17(19)18-16-4-2/h2H,3,5-16H2,1H3,(H,18,19). The van der Waals surface area contributed by atoms with Crippen LogP contribution < -0.4 is 5.32 Å². The van der Waals surface area contributed by atoms with Gasteiger partial charge in [0.25, 0.3) is 0 Å². The molecule has 0 heterocycles. The second-order valence-corrected chi connectivity index (χ2v) is 5.27. The minimum atomic E-state index is 0.0916. The highest BCUT2D eigenvalue weighted by atomic mass is 16.1. The Morgan fingerprint density at radius 1 is 0.895 bits per heavy atom. The van der Waals surface area contributed by atoms with Crippen LogP contribution in [0.3, 0.4) is 0 Å². The van der Waals surface area contributed by atoms with Crippen LogP contribution in [0.2, 0.25) is 0 Å². The van der Waals surface area contributed by atoms with E-state index in [1.807, 2.05) is 0 Å². The van der Waals surface area contributed by atoms with E-state index in [2.05, 4.69) is 18.2 Å². The summed E-state index contributed by atoms with van der Waals surface area (Å²) >= 11 is 0. The van der Waals surface area contributed by atoms with E-state index in [9.17, 15) is 4.79 Å². The van der Waals surface area contributed by atoms with Crippen molar-refractivity contribution in [3.63, 3.8) is 0 Å². The zero-order valence-corrected chi connectivity index (χ0v) is 12.7. The Bertz CT molecular complexity index is 242. The molecule has 2 heteroatoms. The lowest BCUT2D eigenvalue weighted by Crippen LogP contribution is -2.22. The first kappa shape index (κ1) is 18.0. The number of carbonyl (C=O) groups is 1. The summed E-state index contributed by atoms with van der Waals surface area (Å²) in [5.41, 5.74) is 0. The molecule has 0 rings (SSSR count). The van der Waals surface area contributed by atoms with Gasteiger partial charge in [-0.3, -0.25) is 4.79 Å². The normalized spacial score (nSPS) is 10.1. The van der Waals surface area contributed by atoms with Crippen molar-refractivity contribution in [2.75, 3.05) is 6.54 Å². The molecular formula is C17H31NO. The zero-order valence-electron chi connectivity index (χ0n) is 12.7. The fourth-order valence-corrected chi connectivity index (χ4v) is 2.19. The average Bonchev–Trinajstić information content (AvgIpc) is 2.42. The molecule has 0 aromatic rings. The van der Waals surface area contributed by atoms with Crippen molar-refractivity contribution in [1.29, 1.82) is 0 Å². The molecule has 19 heavy (non-hydrogen) atoms. The molecule has 0 aliphatic heterocycles. The largest absolute Gasteiger partial charge is 0.345 e. The molecule has 0 saturated heterocycles. The topological polar surface area (TPSA) is 29.1 Å². The SMILES string of the molecule is C#CCNC(=O)CCCCCCCCCCCCC. The highest BCUT2D eigenvalue weighted by molar-refractivity contribution is 5.76. The summed E-state index contributed by atoms with van der Waals surface area (Å²) < 4.78 is 0. The number of terminal acetylenes is 1. The summed E-state index contributed by atoms with van der Waals surface area (Å²) in [6, 6.07) is 0. The van der Waals surface area contributed by atoms with Gasteiger partial charge < -0.3 is 5.32 Å². The molecule has 0 aromatic carbocycles. The Morgan fingerprint density at radius 2 is 1.37 bits per heavy atom. The fourth-order valence-electron chi connectivity index (χ4n) is 2.19. The maximum atomic E-state index is 11.3. The van der Waals surface area contributed by atoms with Crippen molar-refractivity contribution in [2.45, 2.75) is 84.0 Å². The highest BCUT2D eigenvalue weighted by Crippen LogP contribution is 2.11. The lowest BCUT2D eigenvalue weighted by molar-refractivity contribution is -0.120. The molecule has 2 nitrogen and oxygen atoms in total. The lowest BCUT2D eigenvalue weighted by atomic mass is 10.1. The van der Waals surface area contributed by atoms with Crippen LogP contribution in [0.4, 0.5) is 0 Å². The van der Waals surface area contributed by atoms with E-state index in [4.69, 9.17) is 6.42 Å². The van der Waals surface area contributed by atoms with Gasteiger partial charge in [0.2, 0.25) is 5.91 Å². The van der Waals surface area contributed by atoms with Crippen LogP contribution in [0.5, 0.6) is 0 Å². The van der Waals surface area contributed by atoms with Crippen molar-refractivity contribution in [3.8, 4) is 12.3 Å². The zero-order chi connectivity index (χ0) is 14.2. The Morgan fingerprint density at radius 3 is 1.84 bits per heavy atom. The number of rotatable bonds is 13. The van der Waals surface area contributed by atoms with E-state index >= 15 is 0 Å². The van der Waals surface area contributed by atoms with Gasteiger partial charge in [-0.1, -0.05) is 77.1 Å². The molecule has 0 spiro atoms. The van der Waals surface area contributed by atoms with Crippen molar-refractivity contribution in [1.82, 2.24) is 5.32 Å². The Hall–Kier alpha value is -0.970. The average molecular weight is 265 g/mol. The van der Waals surface area contributed by atoms with Gasteiger partial charge in [-0.2, -0.15) is 0 Å². The van der Waals surface area contributed by atoms with E-state index in [0.717, 1.165) is 6.42 Å². The Kier molecular flexibility index (Phi) is 14.3. The van der Waals surface area contributed by atoms with E-state index in [-0.39, 0.29) is 5.91 Å². The molecule has 0 bridgehead atoms. The van der Waals surface area contributed by atoms with Crippen LogP contribution in [-0.2, 0) is 4.79 Å². The predicted octanol–water partition coefficient (Wildman–Crippen LogP) is 4.44. The van der Waals surface area contributed by atoms with Crippen LogP contribution in [0.1, 0.15) is 84.0 Å². The minimum absolute atomic E-state index is 0.0916. The van der Waals surface area contributed by atoms with Crippen LogP contribution >= 0.6 is 0 Å². The molecule has 0 aromatic heterocycles. The summed E-state index contributed by atoms with van der Waals surface area (Å²) in [6.07, 6.45) is 20.1. The summed E-state index contributed by atoms with van der Waals surface area (Å²) in [7, 11) is 0. The molecule has 1 N–H and O–H groups in total. The molecule has 0 saturated carbocycles. The van der Waals surface area contributed by atoms with Crippen molar-refractivity contribution in [2.24, 2.45) is 0 Å². The van der Waals surface area contributed by atoms with Crippen LogP contribution in [-0.4, -0.2) is 12.5 Å². The molecule has 0 aliphatic rings. The van der Waals surface area contributed by atoms with Gasteiger partial charge in [0.15, 0.2) is 0 Å². The van der Waals surface area contributed by atoms with Gasteiger partial charge in [-0.25, -0.2) is 0 Å².